The first-order chi connectivity index (χ1) is 13.2. The minimum Gasteiger partial charge on any atom is -0.369 e. The van der Waals surface area contributed by atoms with E-state index in [9.17, 15) is 22.8 Å². The molecule has 2 unspecified atom stereocenters. The minimum atomic E-state index is -4.34. The van der Waals surface area contributed by atoms with Gasteiger partial charge >= 0.3 is 0 Å². The van der Waals surface area contributed by atoms with E-state index in [1.165, 1.54) is 18.3 Å². The average Bonchev–Trinajstić information content (AvgIpc) is 2.82. The lowest BCUT2D eigenvalue weighted by Crippen LogP contribution is -2.52. The Morgan fingerprint density at radius 1 is 1.39 bits per heavy atom. The summed E-state index contributed by atoms with van der Waals surface area (Å²) in [6.45, 7) is 3.84. The van der Waals surface area contributed by atoms with Crippen LogP contribution in [0.15, 0.2) is 29.4 Å². The minimum absolute atomic E-state index is 0.0196. The number of sulfonamides is 1. The highest BCUT2D eigenvalue weighted by Crippen LogP contribution is 2.26. The fraction of sp³-hybridized carbons (Fsp3) is 0.556. The highest BCUT2D eigenvalue weighted by molar-refractivity contribution is 7.89. The molecular weight excluding hydrogens is 384 g/mol. The van der Waals surface area contributed by atoms with Crippen LogP contribution in [0.25, 0.3) is 0 Å². The van der Waals surface area contributed by atoms with Crippen molar-refractivity contribution in [3.8, 4) is 0 Å². The summed E-state index contributed by atoms with van der Waals surface area (Å²) in [4.78, 5) is 40.8. The Bertz CT molecular complexity index is 828. The number of aromatic nitrogens is 1. The van der Waals surface area contributed by atoms with Crippen LogP contribution in [0.3, 0.4) is 0 Å². The molecule has 0 aliphatic carbocycles. The predicted molar refractivity (Wildman–Crippen MR) is 101 cm³/mol. The third kappa shape index (κ3) is 4.93. The molecule has 0 spiro atoms. The quantitative estimate of drug-likeness (QED) is 0.648. The molecule has 154 valence electrons. The number of Topliss-reactive ketones (excluding diaryl/α,β-unsaturated/α-hetero) is 1. The first-order valence-corrected chi connectivity index (χ1v) is 10.6. The third-order valence-electron chi connectivity index (χ3n) is 4.88. The maximum Gasteiger partial charge on any atom is 0.284 e. The van der Waals surface area contributed by atoms with Crippen LogP contribution in [0.2, 0.25) is 0 Å². The number of carbonyl (C=O) groups is 3. The van der Waals surface area contributed by atoms with Gasteiger partial charge in [0.1, 0.15) is 6.04 Å². The zero-order valence-corrected chi connectivity index (χ0v) is 16.8. The molecule has 0 radical (unpaired) electrons. The van der Waals surface area contributed by atoms with Crippen molar-refractivity contribution in [3.05, 3.63) is 24.4 Å². The zero-order chi connectivity index (χ0) is 20.9. The first-order valence-electron chi connectivity index (χ1n) is 9.17. The van der Waals surface area contributed by atoms with E-state index in [1.54, 1.807) is 19.9 Å². The van der Waals surface area contributed by atoms with Crippen molar-refractivity contribution in [2.45, 2.75) is 44.2 Å². The van der Waals surface area contributed by atoms with Gasteiger partial charge in [-0.25, -0.2) is 9.29 Å². The van der Waals surface area contributed by atoms with Crippen LogP contribution >= 0.6 is 0 Å². The van der Waals surface area contributed by atoms with E-state index < -0.39 is 33.8 Å². The summed E-state index contributed by atoms with van der Waals surface area (Å²) >= 11 is 0. The molecule has 9 nitrogen and oxygen atoms in total. The molecule has 1 aromatic heterocycles. The second-order valence-corrected chi connectivity index (χ2v) is 8.82. The van der Waals surface area contributed by atoms with Gasteiger partial charge in [-0.3, -0.25) is 14.4 Å². The molecule has 10 heteroatoms. The Balaban J connectivity index is 2.44. The fourth-order valence-electron chi connectivity index (χ4n) is 3.11. The Morgan fingerprint density at radius 2 is 2.11 bits per heavy atom. The van der Waals surface area contributed by atoms with Crippen LogP contribution in [0.4, 0.5) is 0 Å². The third-order valence-corrected chi connectivity index (χ3v) is 6.60. The van der Waals surface area contributed by atoms with Gasteiger partial charge < -0.3 is 11.1 Å². The Kier molecular flexibility index (Phi) is 7.25. The van der Waals surface area contributed by atoms with Crippen molar-refractivity contribution in [2.75, 3.05) is 13.1 Å². The Morgan fingerprint density at radius 3 is 2.71 bits per heavy atom. The zero-order valence-electron chi connectivity index (χ0n) is 16.0. The van der Waals surface area contributed by atoms with Crippen LogP contribution < -0.4 is 11.1 Å². The van der Waals surface area contributed by atoms with Gasteiger partial charge in [-0.15, -0.1) is 0 Å². The number of nitrogens with two attached hydrogens (primary N) is 1. The Labute approximate surface area is 164 Å². The van der Waals surface area contributed by atoms with Crippen molar-refractivity contribution in [1.82, 2.24) is 14.6 Å². The molecule has 0 aromatic carbocycles. The van der Waals surface area contributed by atoms with Crippen LogP contribution in [-0.4, -0.2) is 54.4 Å². The van der Waals surface area contributed by atoms with Crippen molar-refractivity contribution in [2.24, 2.45) is 17.6 Å². The molecule has 2 rings (SSSR count). The van der Waals surface area contributed by atoms with Crippen LogP contribution in [0.5, 0.6) is 0 Å². The summed E-state index contributed by atoms with van der Waals surface area (Å²) in [6, 6.07) is 3.21. The molecule has 2 amide bonds. The molecule has 1 aliphatic rings. The molecule has 3 N–H and O–H groups in total. The van der Waals surface area contributed by atoms with Gasteiger partial charge in [-0.05, 0) is 37.4 Å². The molecule has 1 fully saturated rings. The number of rotatable bonds is 7. The lowest BCUT2D eigenvalue weighted by Gasteiger charge is -2.32. The summed E-state index contributed by atoms with van der Waals surface area (Å²) in [7, 11) is -4.34. The Hall–Kier alpha value is -2.33. The number of pyridine rings is 1. The highest BCUT2D eigenvalue weighted by Gasteiger charge is 2.43. The second kappa shape index (κ2) is 9.24. The van der Waals surface area contributed by atoms with Crippen molar-refractivity contribution < 1.29 is 22.8 Å². The summed E-state index contributed by atoms with van der Waals surface area (Å²) < 4.78 is 27.1. The van der Waals surface area contributed by atoms with Gasteiger partial charge in [0.2, 0.25) is 11.8 Å². The van der Waals surface area contributed by atoms with E-state index in [4.69, 9.17) is 5.73 Å². The van der Waals surface area contributed by atoms with E-state index in [0.717, 1.165) is 0 Å². The van der Waals surface area contributed by atoms with Crippen LogP contribution in [0, 0.1) is 11.8 Å². The number of hydrogen-bond acceptors (Lipinski definition) is 7. The SMILES string of the molecule is CC(CCC(=O)N([C@@H]1C(=O)CNCCC1C)S(=O)(=O)c1ccccn1)C(N)=O. The molecule has 1 aliphatic heterocycles. The standard InChI is InChI=1S/C18H26N4O5S/c1-12-8-10-20-11-14(23)17(12)22(16(24)7-6-13(2)18(19)25)28(26,27)15-5-3-4-9-21-15/h3-5,9,12-13,17,20H,6-8,10-11H2,1-2H3,(H2,19,25)/t12?,13?,17-/m0/s1. The van der Waals surface area contributed by atoms with Gasteiger partial charge in [0.05, 0.1) is 6.54 Å². The van der Waals surface area contributed by atoms with Crippen LogP contribution in [-0.2, 0) is 24.4 Å². The molecule has 3 atom stereocenters. The average molecular weight is 410 g/mol. The lowest BCUT2D eigenvalue weighted by molar-refractivity contribution is -0.135. The summed E-state index contributed by atoms with van der Waals surface area (Å²) in [5.74, 6) is -2.65. The molecule has 1 saturated heterocycles. The van der Waals surface area contributed by atoms with Gasteiger partial charge in [-0.1, -0.05) is 19.9 Å². The number of primary amides is 1. The summed E-state index contributed by atoms with van der Waals surface area (Å²) in [5.41, 5.74) is 5.23. The van der Waals surface area contributed by atoms with Gasteiger partial charge in [0, 0.05) is 18.5 Å². The predicted octanol–water partition coefficient (Wildman–Crippen LogP) is 0.0676. The first kappa shape index (κ1) is 22.0. The van der Waals surface area contributed by atoms with E-state index in [1.807, 2.05) is 0 Å². The number of hydrogen-bond donors (Lipinski definition) is 2. The van der Waals surface area contributed by atoms with Crippen LogP contribution in [0.1, 0.15) is 33.1 Å². The summed E-state index contributed by atoms with van der Waals surface area (Å²) in [6.07, 6.45) is 1.72. The maximum atomic E-state index is 13.2. The maximum absolute atomic E-state index is 13.2. The number of nitrogens with one attached hydrogen (secondary N) is 1. The highest BCUT2D eigenvalue weighted by atomic mass is 32.2. The number of ketones is 1. The molecule has 28 heavy (non-hydrogen) atoms. The molecule has 1 aromatic rings. The van der Waals surface area contributed by atoms with Crippen molar-refractivity contribution in [3.63, 3.8) is 0 Å². The van der Waals surface area contributed by atoms with Crippen molar-refractivity contribution in [1.29, 1.82) is 0 Å². The van der Waals surface area contributed by atoms with Gasteiger partial charge in [-0.2, -0.15) is 8.42 Å². The molecule has 2 heterocycles. The van der Waals surface area contributed by atoms with Gasteiger partial charge in [0.25, 0.3) is 10.0 Å². The molecule has 0 saturated carbocycles. The second-order valence-electron chi connectivity index (χ2n) is 7.06. The van der Waals surface area contributed by atoms with E-state index in [-0.39, 0.29) is 36.1 Å². The van der Waals surface area contributed by atoms with E-state index >= 15 is 0 Å². The number of nitrogens with zero attached hydrogens (tertiary/aromatic N) is 2. The largest absolute Gasteiger partial charge is 0.369 e. The van der Waals surface area contributed by atoms with Crippen molar-refractivity contribution >= 4 is 27.6 Å². The topological polar surface area (TPSA) is 140 Å². The van der Waals surface area contributed by atoms with Gasteiger partial charge in [0.15, 0.2) is 10.8 Å². The monoisotopic (exact) mass is 410 g/mol. The molecule has 0 bridgehead atoms. The van der Waals surface area contributed by atoms with E-state index in [0.29, 0.717) is 17.3 Å². The smallest absolute Gasteiger partial charge is 0.284 e. The lowest BCUT2D eigenvalue weighted by atomic mass is 9.95. The fourth-order valence-corrected chi connectivity index (χ4v) is 4.74. The van der Waals surface area contributed by atoms with E-state index in [2.05, 4.69) is 10.3 Å². The number of carbonyl (C=O) groups excluding carboxylic acids is 3. The molecular formula is C18H26N4O5S. The number of amides is 2. The summed E-state index contributed by atoms with van der Waals surface area (Å²) in [5, 5.41) is 2.65. The normalized spacial score (nSPS) is 21.6.